The highest BCUT2D eigenvalue weighted by molar-refractivity contribution is 7.90. The Morgan fingerprint density at radius 3 is 2.13 bits per heavy atom. The first kappa shape index (κ1) is 14.2. The number of likely N-dealkylation sites (N-methyl/N-ethyl adjacent to an activating group) is 1. The van der Waals surface area contributed by atoms with Gasteiger partial charge in [0.2, 0.25) is 10.0 Å². The number of nitrogens with zero attached hydrogens (tertiary/aromatic N) is 2. The topological polar surface area (TPSA) is 96.0 Å². The van der Waals surface area contributed by atoms with Crippen LogP contribution in [0.1, 0.15) is 27.7 Å². The summed E-state index contributed by atoms with van der Waals surface area (Å²) >= 11 is 0. The predicted octanol–water partition coefficient (Wildman–Crippen LogP) is 0.181. The van der Waals surface area contributed by atoms with Crippen molar-refractivity contribution in [3.8, 4) is 0 Å². The third-order valence-corrected chi connectivity index (χ3v) is 4.86. The van der Waals surface area contributed by atoms with Gasteiger partial charge < -0.3 is 10.9 Å². The van der Waals surface area contributed by atoms with Gasteiger partial charge in [-0.3, -0.25) is 0 Å². The van der Waals surface area contributed by atoms with Crippen molar-refractivity contribution in [3.05, 3.63) is 0 Å². The molecule has 15 heavy (non-hydrogen) atoms. The number of hydrogen-bond acceptors (Lipinski definition) is 4. The Kier molecular flexibility index (Phi) is 4.12. The van der Waals surface area contributed by atoms with Crippen molar-refractivity contribution in [1.82, 2.24) is 4.31 Å². The van der Waals surface area contributed by atoms with Crippen LogP contribution in [0.15, 0.2) is 5.16 Å². The van der Waals surface area contributed by atoms with Gasteiger partial charge in [0.1, 0.15) is 0 Å². The molecule has 0 saturated carbocycles. The van der Waals surface area contributed by atoms with Gasteiger partial charge in [0.15, 0.2) is 5.84 Å². The van der Waals surface area contributed by atoms with Crippen LogP contribution in [0, 0.1) is 0 Å². The second kappa shape index (κ2) is 4.36. The van der Waals surface area contributed by atoms with Gasteiger partial charge in [0, 0.05) is 7.05 Å². The molecule has 1 atom stereocenters. The lowest BCUT2D eigenvalue weighted by molar-refractivity contribution is 0.311. The Morgan fingerprint density at radius 1 is 1.47 bits per heavy atom. The third-order valence-electron chi connectivity index (χ3n) is 2.24. The second-order valence-corrected chi connectivity index (χ2v) is 7.09. The minimum atomic E-state index is -3.47. The summed E-state index contributed by atoms with van der Waals surface area (Å²) in [5, 5.41) is 11.3. The highest BCUT2D eigenvalue weighted by Crippen LogP contribution is 2.20. The monoisotopic (exact) mass is 237 g/mol. The lowest BCUT2D eigenvalue weighted by Crippen LogP contribution is -2.49. The van der Waals surface area contributed by atoms with Gasteiger partial charge in [-0.15, -0.1) is 0 Å². The molecule has 3 N–H and O–H groups in total. The Labute approximate surface area is 90.8 Å². The van der Waals surface area contributed by atoms with E-state index < -0.39 is 20.8 Å². The van der Waals surface area contributed by atoms with Crippen LogP contribution in [0.3, 0.4) is 0 Å². The van der Waals surface area contributed by atoms with Gasteiger partial charge in [-0.25, -0.2) is 8.42 Å². The molecule has 0 fully saturated rings. The van der Waals surface area contributed by atoms with Crippen LogP contribution in [0.5, 0.6) is 0 Å². The van der Waals surface area contributed by atoms with E-state index in [9.17, 15) is 8.42 Å². The summed E-state index contributed by atoms with van der Waals surface area (Å²) in [7, 11) is -2.06. The van der Waals surface area contributed by atoms with Gasteiger partial charge in [-0.1, -0.05) is 5.16 Å². The molecule has 0 aliphatic rings. The Morgan fingerprint density at radius 2 is 1.87 bits per heavy atom. The quantitative estimate of drug-likeness (QED) is 0.317. The molecule has 0 aromatic heterocycles. The van der Waals surface area contributed by atoms with Crippen LogP contribution in [-0.4, -0.2) is 41.6 Å². The van der Waals surface area contributed by atoms with E-state index >= 15 is 0 Å². The summed E-state index contributed by atoms with van der Waals surface area (Å²) in [5.41, 5.74) is 5.35. The largest absolute Gasteiger partial charge is 0.409 e. The fraction of sp³-hybridized carbons (Fsp3) is 0.875. The number of rotatable bonds is 3. The summed E-state index contributed by atoms with van der Waals surface area (Å²) in [6.07, 6.45) is 0. The maximum Gasteiger partial charge on any atom is 0.219 e. The minimum Gasteiger partial charge on any atom is -0.409 e. The van der Waals surface area contributed by atoms with E-state index in [-0.39, 0.29) is 5.84 Å². The van der Waals surface area contributed by atoms with Gasteiger partial charge in [-0.2, -0.15) is 4.31 Å². The molecule has 0 rings (SSSR count). The van der Waals surface area contributed by atoms with E-state index in [1.807, 2.05) is 0 Å². The zero-order valence-corrected chi connectivity index (χ0v) is 10.5. The fourth-order valence-electron chi connectivity index (χ4n) is 0.910. The molecule has 1 unspecified atom stereocenters. The van der Waals surface area contributed by atoms with E-state index in [4.69, 9.17) is 10.9 Å². The number of sulfonamides is 1. The number of hydrogen-bond donors (Lipinski definition) is 2. The van der Waals surface area contributed by atoms with Gasteiger partial charge in [0.05, 0.1) is 10.8 Å². The molecule has 0 radical (unpaired) electrons. The van der Waals surface area contributed by atoms with Crippen LogP contribution < -0.4 is 5.73 Å². The molecular formula is C8H19N3O3S. The van der Waals surface area contributed by atoms with E-state index in [1.165, 1.54) is 7.05 Å². The first-order valence-electron chi connectivity index (χ1n) is 4.50. The molecule has 0 heterocycles. The molecule has 0 aromatic rings. The van der Waals surface area contributed by atoms with E-state index in [2.05, 4.69) is 5.16 Å². The molecule has 90 valence electrons. The highest BCUT2D eigenvalue weighted by atomic mass is 32.2. The highest BCUT2D eigenvalue weighted by Gasteiger charge is 2.36. The van der Waals surface area contributed by atoms with Crippen LogP contribution in [-0.2, 0) is 10.0 Å². The Balaban J connectivity index is 5.13. The molecule has 0 saturated heterocycles. The average molecular weight is 237 g/mol. The van der Waals surface area contributed by atoms with Gasteiger partial charge in [-0.05, 0) is 27.7 Å². The van der Waals surface area contributed by atoms with Crippen LogP contribution in [0.4, 0.5) is 0 Å². The molecule has 0 amide bonds. The molecule has 0 bridgehead atoms. The molecule has 0 spiro atoms. The second-order valence-electron chi connectivity index (χ2n) is 4.33. The normalized spacial score (nSPS) is 16.8. The average Bonchev–Trinajstić information content (AvgIpc) is 2.12. The fourth-order valence-corrected chi connectivity index (χ4v) is 2.30. The maximum absolute atomic E-state index is 11.9. The first-order valence-corrected chi connectivity index (χ1v) is 5.94. The number of nitrogens with two attached hydrogens (primary N) is 1. The third kappa shape index (κ3) is 2.82. The van der Waals surface area contributed by atoms with Gasteiger partial charge in [0.25, 0.3) is 0 Å². The maximum atomic E-state index is 11.9. The van der Waals surface area contributed by atoms with Crippen molar-refractivity contribution >= 4 is 15.9 Å². The lowest BCUT2D eigenvalue weighted by atomic mass is 10.3. The standard InChI is InChI=1S/C8H19N3O3S/c1-6(7(9)10-12)11(5)15(13,14)8(2,3)4/h6,12H,1-5H3,(H2,9,10). The summed E-state index contributed by atoms with van der Waals surface area (Å²) in [4.78, 5) is 0. The van der Waals surface area contributed by atoms with Gasteiger partial charge >= 0.3 is 0 Å². The van der Waals surface area contributed by atoms with Crippen LogP contribution >= 0.6 is 0 Å². The Hall–Kier alpha value is -0.820. The smallest absolute Gasteiger partial charge is 0.219 e. The van der Waals surface area contributed by atoms with Crippen molar-refractivity contribution in [3.63, 3.8) is 0 Å². The van der Waals surface area contributed by atoms with E-state index in [1.54, 1.807) is 27.7 Å². The van der Waals surface area contributed by atoms with Crippen LogP contribution in [0.2, 0.25) is 0 Å². The van der Waals surface area contributed by atoms with E-state index in [0.29, 0.717) is 0 Å². The zero-order chi connectivity index (χ0) is 12.4. The molecule has 6 nitrogen and oxygen atoms in total. The molecule has 0 aromatic carbocycles. The summed E-state index contributed by atoms with van der Waals surface area (Å²) in [6, 6.07) is -0.667. The minimum absolute atomic E-state index is 0.134. The number of oxime groups is 1. The molecule has 0 aliphatic carbocycles. The summed E-state index contributed by atoms with van der Waals surface area (Å²) in [5.74, 6) is -0.134. The first-order chi connectivity index (χ1) is 6.55. The summed E-state index contributed by atoms with van der Waals surface area (Å²) < 4.78 is 24.1. The van der Waals surface area contributed by atoms with Crippen molar-refractivity contribution in [2.45, 2.75) is 38.5 Å². The number of amidine groups is 1. The molecule has 7 heteroatoms. The SMILES string of the molecule is CC(C(N)=NO)N(C)S(=O)(=O)C(C)(C)C. The van der Waals surface area contributed by atoms with Crippen molar-refractivity contribution in [2.75, 3.05) is 7.05 Å². The predicted molar refractivity (Wildman–Crippen MR) is 59.3 cm³/mol. The van der Waals surface area contributed by atoms with Crippen molar-refractivity contribution < 1.29 is 13.6 Å². The Bertz CT molecular complexity index is 343. The zero-order valence-electron chi connectivity index (χ0n) is 9.72. The summed E-state index contributed by atoms with van der Waals surface area (Å²) in [6.45, 7) is 6.34. The van der Waals surface area contributed by atoms with Crippen molar-refractivity contribution in [1.29, 1.82) is 0 Å². The molecular weight excluding hydrogens is 218 g/mol. The molecule has 0 aliphatic heterocycles. The van der Waals surface area contributed by atoms with Crippen molar-refractivity contribution in [2.24, 2.45) is 10.9 Å². The van der Waals surface area contributed by atoms with Crippen LogP contribution in [0.25, 0.3) is 0 Å². The van der Waals surface area contributed by atoms with E-state index in [0.717, 1.165) is 4.31 Å². The lowest BCUT2D eigenvalue weighted by Gasteiger charge is -2.30.